The number of hydrogen-bond acceptors (Lipinski definition) is 4. The number of carbonyl (C=O) groups is 2. The zero-order chi connectivity index (χ0) is 25.3. The summed E-state index contributed by atoms with van der Waals surface area (Å²) in [4.78, 5) is 25.3. The summed E-state index contributed by atoms with van der Waals surface area (Å²) in [6.45, 7) is 0. The minimum Gasteiger partial charge on any atom is -0.478 e. The standard InChI is InChI=1S/C28H23N3O3S2/c32-26(29-22-16-14-20(15-17-22)27(33)34)25(19-8-3-1-4-9-19)36-24-13-7-12-23(18-24)31-28(35)30-21-10-5-2-6-11-21/h1-18,25H,(H,29,32)(H,33,34)(H2,30,31,35). The Morgan fingerprint density at radius 1 is 0.694 bits per heavy atom. The van der Waals surface area contributed by atoms with Crippen LogP contribution >= 0.6 is 24.0 Å². The zero-order valence-electron chi connectivity index (χ0n) is 19.0. The minimum atomic E-state index is -1.02. The monoisotopic (exact) mass is 513 g/mol. The number of rotatable bonds is 8. The molecule has 4 aromatic rings. The molecule has 0 fully saturated rings. The predicted octanol–water partition coefficient (Wildman–Crippen LogP) is 6.67. The molecule has 6 nitrogen and oxygen atoms in total. The highest BCUT2D eigenvalue weighted by atomic mass is 32.2. The maximum Gasteiger partial charge on any atom is 0.335 e. The van der Waals surface area contributed by atoms with Crippen molar-refractivity contribution in [3.8, 4) is 0 Å². The Kier molecular flexibility index (Phi) is 8.33. The predicted molar refractivity (Wildman–Crippen MR) is 150 cm³/mol. The van der Waals surface area contributed by atoms with E-state index in [4.69, 9.17) is 17.3 Å². The van der Waals surface area contributed by atoms with Crippen molar-refractivity contribution in [2.75, 3.05) is 16.0 Å². The maximum atomic E-state index is 13.3. The highest BCUT2D eigenvalue weighted by molar-refractivity contribution is 8.00. The summed E-state index contributed by atoms with van der Waals surface area (Å²) in [7, 11) is 0. The van der Waals surface area contributed by atoms with Crippen LogP contribution in [0.1, 0.15) is 21.2 Å². The number of carboxylic acids is 1. The van der Waals surface area contributed by atoms with Gasteiger partial charge in [-0.15, -0.1) is 11.8 Å². The quantitative estimate of drug-likeness (QED) is 0.155. The first kappa shape index (κ1) is 25.0. The van der Waals surface area contributed by atoms with E-state index in [9.17, 15) is 9.59 Å². The minimum absolute atomic E-state index is 0.158. The molecule has 0 aliphatic rings. The molecule has 36 heavy (non-hydrogen) atoms. The molecule has 0 saturated carbocycles. The van der Waals surface area contributed by atoms with Crippen LogP contribution in [0.2, 0.25) is 0 Å². The molecule has 0 aliphatic heterocycles. The highest BCUT2D eigenvalue weighted by Gasteiger charge is 2.22. The molecular weight excluding hydrogens is 490 g/mol. The van der Waals surface area contributed by atoms with Crippen molar-refractivity contribution in [2.24, 2.45) is 0 Å². The van der Waals surface area contributed by atoms with Gasteiger partial charge in [0.2, 0.25) is 5.91 Å². The fourth-order valence-corrected chi connectivity index (χ4v) is 4.72. The lowest BCUT2D eigenvalue weighted by atomic mass is 10.1. The van der Waals surface area contributed by atoms with Gasteiger partial charge in [0.05, 0.1) is 5.56 Å². The first-order valence-electron chi connectivity index (χ1n) is 11.1. The lowest BCUT2D eigenvalue weighted by Gasteiger charge is -2.18. The molecule has 0 aliphatic carbocycles. The van der Waals surface area contributed by atoms with Gasteiger partial charge in [0.15, 0.2) is 5.11 Å². The number of amides is 1. The van der Waals surface area contributed by atoms with Gasteiger partial charge in [-0.25, -0.2) is 4.79 Å². The van der Waals surface area contributed by atoms with Gasteiger partial charge < -0.3 is 21.1 Å². The lowest BCUT2D eigenvalue weighted by molar-refractivity contribution is -0.115. The number of thioether (sulfide) groups is 1. The summed E-state index contributed by atoms with van der Waals surface area (Å²) in [5.41, 5.74) is 3.22. The van der Waals surface area contributed by atoms with E-state index < -0.39 is 11.2 Å². The molecular formula is C28H23N3O3S2. The molecule has 0 aromatic heterocycles. The number of para-hydroxylation sites is 1. The number of thiocarbonyl (C=S) groups is 1. The van der Waals surface area contributed by atoms with Crippen molar-refractivity contribution in [3.05, 3.63) is 120 Å². The van der Waals surface area contributed by atoms with Gasteiger partial charge in [-0.2, -0.15) is 0 Å². The van der Waals surface area contributed by atoms with E-state index in [-0.39, 0.29) is 11.5 Å². The summed E-state index contributed by atoms with van der Waals surface area (Å²) in [5, 5.41) is 18.3. The fourth-order valence-electron chi connectivity index (χ4n) is 3.40. The normalized spacial score (nSPS) is 11.2. The Hall–Kier alpha value is -4.14. The largest absolute Gasteiger partial charge is 0.478 e. The van der Waals surface area contributed by atoms with Gasteiger partial charge in [0.1, 0.15) is 5.25 Å². The highest BCUT2D eigenvalue weighted by Crippen LogP contribution is 2.37. The van der Waals surface area contributed by atoms with E-state index in [0.717, 1.165) is 21.8 Å². The van der Waals surface area contributed by atoms with Crippen LogP contribution in [0.15, 0.2) is 114 Å². The number of carbonyl (C=O) groups excluding carboxylic acids is 1. The van der Waals surface area contributed by atoms with Gasteiger partial charge in [0, 0.05) is 22.0 Å². The zero-order valence-corrected chi connectivity index (χ0v) is 20.7. The van der Waals surface area contributed by atoms with E-state index >= 15 is 0 Å². The Morgan fingerprint density at radius 3 is 1.94 bits per heavy atom. The number of carboxylic acid groups (broad SMARTS) is 1. The van der Waals surface area contributed by atoms with Crippen molar-refractivity contribution in [1.29, 1.82) is 0 Å². The number of aromatic carboxylic acids is 1. The van der Waals surface area contributed by atoms with Crippen molar-refractivity contribution >= 4 is 58.0 Å². The van der Waals surface area contributed by atoms with E-state index in [1.165, 1.54) is 23.9 Å². The topological polar surface area (TPSA) is 90.5 Å². The second-order valence-corrected chi connectivity index (χ2v) is 9.34. The van der Waals surface area contributed by atoms with E-state index in [2.05, 4.69) is 16.0 Å². The third-order valence-electron chi connectivity index (χ3n) is 5.12. The molecule has 1 amide bonds. The molecule has 1 atom stereocenters. The molecule has 8 heteroatoms. The number of nitrogens with one attached hydrogen (secondary N) is 3. The van der Waals surface area contributed by atoms with Crippen LogP contribution in [0.3, 0.4) is 0 Å². The van der Waals surface area contributed by atoms with Crippen molar-refractivity contribution in [1.82, 2.24) is 0 Å². The first-order valence-corrected chi connectivity index (χ1v) is 12.4. The Morgan fingerprint density at radius 2 is 1.28 bits per heavy atom. The van der Waals surface area contributed by atoms with Gasteiger partial charge in [-0.05, 0) is 72.4 Å². The van der Waals surface area contributed by atoms with Crippen LogP contribution < -0.4 is 16.0 Å². The summed E-state index contributed by atoms with van der Waals surface area (Å²) in [5.74, 6) is -1.23. The van der Waals surface area contributed by atoms with Crippen molar-refractivity contribution < 1.29 is 14.7 Å². The fraction of sp³-hybridized carbons (Fsp3) is 0.0357. The summed E-state index contributed by atoms with van der Waals surface area (Å²) < 4.78 is 0. The second kappa shape index (κ2) is 12.0. The van der Waals surface area contributed by atoms with Gasteiger partial charge in [-0.1, -0.05) is 54.6 Å². The van der Waals surface area contributed by atoms with Crippen LogP contribution in [0.5, 0.6) is 0 Å². The molecule has 4 N–H and O–H groups in total. The Bertz CT molecular complexity index is 1350. The molecule has 0 heterocycles. The van der Waals surface area contributed by atoms with Crippen LogP contribution in [0.25, 0.3) is 0 Å². The smallest absolute Gasteiger partial charge is 0.335 e. The first-order chi connectivity index (χ1) is 17.5. The van der Waals surface area contributed by atoms with Crippen LogP contribution in [-0.4, -0.2) is 22.1 Å². The third kappa shape index (κ3) is 6.94. The summed E-state index contributed by atoms with van der Waals surface area (Å²) >= 11 is 6.85. The average molecular weight is 514 g/mol. The van der Waals surface area contributed by atoms with Crippen molar-refractivity contribution in [2.45, 2.75) is 10.1 Å². The Labute approximate surface area is 218 Å². The van der Waals surface area contributed by atoms with Gasteiger partial charge in [0.25, 0.3) is 0 Å². The maximum absolute atomic E-state index is 13.3. The molecule has 0 radical (unpaired) electrons. The van der Waals surface area contributed by atoms with Crippen LogP contribution in [-0.2, 0) is 4.79 Å². The second-order valence-electron chi connectivity index (χ2n) is 7.75. The molecule has 4 rings (SSSR count). The Balaban J connectivity index is 1.49. The van der Waals surface area contributed by atoms with Gasteiger partial charge in [-0.3, -0.25) is 4.79 Å². The third-order valence-corrected chi connectivity index (χ3v) is 6.57. The van der Waals surface area contributed by atoms with Crippen LogP contribution in [0, 0.1) is 0 Å². The van der Waals surface area contributed by atoms with Crippen molar-refractivity contribution in [3.63, 3.8) is 0 Å². The van der Waals surface area contributed by atoms with Crippen LogP contribution in [0.4, 0.5) is 17.1 Å². The van der Waals surface area contributed by atoms with E-state index in [1.807, 2.05) is 84.9 Å². The molecule has 180 valence electrons. The van der Waals surface area contributed by atoms with E-state index in [1.54, 1.807) is 12.1 Å². The lowest BCUT2D eigenvalue weighted by Crippen LogP contribution is -2.19. The number of anilines is 3. The SMILES string of the molecule is O=C(O)c1ccc(NC(=O)C(Sc2cccc(NC(=S)Nc3ccccc3)c2)c2ccccc2)cc1. The molecule has 1 unspecified atom stereocenters. The summed E-state index contributed by atoms with van der Waals surface area (Å²) in [6.07, 6.45) is 0. The molecule has 0 bridgehead atoms. The summed E-state index contributed by atoms with van der Waals surface area (Å²) in [6, 6.07) is 32.9. The average Bonchev–Trinajstić information content (AvgIpc) is 2.89. The number of hydrogen-bond donors (Lipinski definition) is 4. The molecule has 0 saturated heterocycles. The van der Waals surface area contributed by atoms with E-state index in [0.29, 0.717) is 10.8 Å². The van der Waals surface area contributed by atoms with Gasteiger partial charge >= 0.3 is 5.97 Å². The number of benzene rings is 4. The molecule has 0 spiro atoms. The molecule has 4 aromatic carbocycles.